The lowest BCUT2D eigenvalue weighted by Gasteiger charge is -2.42. The summed E-state index contributed by atoms with van der Waals surface area (Å²) in [7, 11) is 9.05. The lowest BCUT2D eigenvalue weighted by Crippen LogP contribution is -2.63. The first kappa shape index (κ1) is 47.2. The molecule has 9 atom stereocenters. The smallest absolute Gasteiger partial charge is 0.409 e. The number of aliphatic hydroxyl groups is 1. The minimum absolute atomic E-state index is 0.0648. The van der Waals surface area contributed by atoms with Crippen molar-refractivity contribution in [1.29, 1.82) is 0 Å². The highest BCUT2D eigenvalue weighted by Crippen LogP contribution is 2.49. The number of epoxide rings is 1. The van der Waals surface area contributed by atoms with Gasteiger partial charge >= 0.3 is 12.1 Å². The number of allylic oxidation sites excluding steroid dienone is 3. The van der Waals surface area contributed by atoms with E-state index in [1.54, 1.807) is 62.9 Å². The van der Waals surface area contributed by atoms with Crippen molar-refractivity contribution in [3.05, 3.63) is 46.5 Å². The molecule has 2 unspecified atom stereocenters. The van der Waals surface area contributed by atoms with Gasteiger partial charge in [0.1, 0.15) is 40.7 Å². The van der Waals surface area contributed by atoms with Gasteiger partial charge in [0.15, 0.2) is 5.72 Å². The molecule has 4 N–H and O–H groups in total. The Morgan fingerprint density at radius 3 is 2.57 bits per heavy atom. The molecule has 0 spiro atoms. The quantitative estimate of drug-likeness (QED) is 0.104. The second-order valence-corrected chi connectivity index (χ2v) is 18.7. The predicted molar refractivity (Wildman–Crippen MR) is 224 cm³/mol. The molecule has 0 aliphatic carbocycles. The van der Waals surface area contributed by atoms with Crippen LogP contribution in [-0.4, -0.2) is 121 Å². The van der Waals surface area contributed by atoms with Crippen molar-refractivity contribution < 1.29 is 52.8 Å². The number of carbonyl (C=O) groups is 5. The Labute approximate surface area is 353 Å². The van der Waals surface area contributed by atoms with Crippen LogP contribution in [0.2, 0.25) is 5.02 Å². The summed E-state index contributed by atoms with van der Waals surface area (Å²) in [4.78, 5) is 67.9. The molecule has 3 heterocycles. The van der Waals surface area contributed by atoms with Gasteiger partial charge in [0, 0.05) is 57.4 Å². The van der Waals surface area contributed by atoms with Crippen LogP contribution in [0.25, 0.3) is 0 Å². The second kappa shape index (κ2) is 20.2. The number of carbonyl (C=O) groups excluding carboxylic acids is 5. The standard InChI is InChI=1S/C40H57ClN4O11S2/c1-22-11-10-12-30(53-9)40(51)21-29(54-38(50)43-40)24(3)36-39(5,56-36)31(20-34(48)45(7)27-18-26(17-22)19-28(52-8)35(27)41)55-37(49)25(4)44(6)33(47)15-16-57-58-23(2)13-14-32(42)46/h10-12,18-19,23-25,29-31,36,51H,13-17,20-21H2,1-9H3,(H2,42,46)(H,43,50)/b12-10+,22-11+/t23?,24-,25+,29+,30-,31+,36?,39+,40+/m1/s1. The molecular weight excluding hydrogens is 812 g/mol. The Bertz CT molecular complexity index is 1770. The third kappa shape index (κ3) is 11.6. The SMILES string of the molecule is COc1cc2cc(c1Cl)N(C)C(=O)C[C@H](OC(=O)[C@H](C)N(C)C(=O)CCSSC(C)CCC(N)=O)[C@]1(C)OC1[C@H](C)[C@@H]1C[C@@](O)(NC(=O)O1)[C@H](OC)/C=C/C=C(\C)C2. The number of likely N-dealkylation sites (N-methyl/N-ethyl adjacent to an activating group) is 1. The molecule has 3 aliphatic rings. The number of esters is 1. The number of amides is 4. The van der Waals surface area contributed by atoms with Crippen molar-refractivity contribution in [1.82, 2.24) is 10.2 Å². The number of fused-ring (bicyclic) bond motifs is 5. The summed E-state index contributed by atoms with van der Waals surface area (Å²) < 4.78 is 29.3. The first-order valence-corrected chi connectivity index (χ1v) is 21.9. The first-order chi connectivity index (χ1) is 27.2. The maximum Gasteiger partial charge on any atom is 0.409 e. The fraction of sp³-hybridized carbons (Fsp3) is 0.625. The van der Waals surface area contributed by atoms with Gasteiger partial charge in [-0.25, -0.2) is 9.59 Å². The van der Waals surface area contributed by atoms with Gasteiger partial charge in [-0.2, -0.15) is 0 Å². The Morgan fingerprint density at radius 1 is 1.21 bits per heavy atom. The number of ether oxygens (including phenoxy) is 5. The van der Waals surface area contributed by atoms with Crippen LogP contribution in [0, 0.1) is 5.92 Å². The molecule has 1 aromatic carbocycles. The highest BCUT2D eigenvalue weighted by Gasteiger charge is 2.64. The van der Waals surface area contributed by atoms with Crippen molar-refractivity contribution >= 4 is 68.7 Å². The van der Waals surface area contributed by atoms with Crippen molar-refractivity contribution in [2.75, 3.05) is 39.0 Å². The zero-order valence-electron chi connectivity index (χ0n) is 34.6. The van der Waals surface area contributed by atoms with Crippen molar-refractivity contribution in [3.8, 4) is 5.75 Å². The first-order valence-electron chi connectivity index (χ1n) is 19.2. The van der Waals surface area contributed by atoms with Crippen LogP contribution in [0.15, 0.2) is 35.9 Å². The van der Waals surface area contributed by atoms with Gasteiger partial charge in [-0.05, 0) is 51.3 Å². The lowest BCUT2D eigenvalue weighted by atomic mass is 9.83. The minimum Gasteiger partial charge on any atom is -0.495 e. The number of alkyl carbamates (subject to hydrolysis) is 1. The fourth-order valence-electron chi connectivity index (χ4n) is 7.08. The zero-order chi connectivity index (χ0) is 43.1. The van der Waals surface area contributed by atoms with Crippen LogP contribution in [0.4, 0.5) is 10.5 Å². The summed E-state index contributed by atoms with van der Waals surface area (Å²) in [6.45, 7) is 8.95. The molecule has 0 saturated carbocycles. The number of nitrogens with one attached hydrogen (secondary N) is 1. The molecule has 58 heavy (non-hydrogen) atoms. The molecule has 4 rings (SSSR count). The van der Waals surface area contributed by atoms with Crippen LogP contribution >= 0.6 is 33.2 Å². The molecule has 4 amide bonds. The van der Waals surface area contributed by atoms with E-state index >= 15 is 0 Å². The molecule has 2 fully saturated rings. The van der Waals surface area contributed by atoms with Gasteiger partial charge in [-0.3, -0.25) is 19.7 Å². The molecule has 2 saturated heterocycles. The summed E-state index contributed by atoms with van der Waals surface area (Å²) in [6.07, 6.45) is 1.86. The normalized spacial score (nSPS) is 30.0. The van der Waals surface area contributed by atoms with E-state index in [4.69, 9.17) is 41.0 Å². The Kier molecular flexibility index (Phi) is 16.4. The van der Waals surface area contributed by atoms with Gasteiger partial charge in [0.25, 0.3) is 0 Å². The van der Waals surface area contributed by atoms with E-state index in [2.05, 4.69) is 5.32 Å². The minimum atomic E-state index is -1.84. The Balaban J connectivity index is 1.63. The number of nitrogens with zero attached hydrogens (tertiary/aromatic N) is 2. The summed E-state index contributed by atoms with van der Waals surface area (Å²) >= 11 is 6.78. The van der Waals surface area contributed by atoms with Gasteiger partial charge < -0.3 is 44.3 Å². The van der Waals surface area contributed by atoms with E-state index in [0.717, 1.165) is 11.1 Å². The topological polar surface area (TPSA) is 200 Å². The summed E-state index contributed by atoms with van der Waals surface area (Å²) in [5, 5.41) is 14.7. The highest BCUT2D eigenvalue weighted by atomic mass is 35.5. The van der Waals surface area contributed by atoms with Gasteiger partial charge in [0.05, 0.1) is 25.3 Å². The van der Waals surface area contributed by atoms with Crippen LogP contribution < -0.4 is 20.7 Å². The second-order valence-electron chi connectivity index (χ2n) is 15.4. The molecule has 0 aromatic heterocycles. The largest absolute Gasteiger partial charge is 0.495 e. The number of hydrogen-bond donors (Lipinski definition) is 3. The molecule has 1 aromatic rings. The molecular formula is C40H57ClN4O11S2. The molecule has 0 radical (unpaired) electrons. The molecule has 4 bridgehead atoms. The van der Waals surface area contributed by atoms with E-state index in [-0.39, 0.29) is 47.8 Å². The van der Waals surface area contributed by atoms with Crippen LogP contribution in [0.3, 0.4) is 0 Å². The summed E-state index contributed by atoms with van der Waals surface area (Å²) in [5.74, 6) is -1.54. The third-order valence-corrected chi connectivity index (χ3v) is 14.3. The van der Waals surface area contributed by atoms with Gasteiger partial charge in [-0.1, -0.05) is 70.8 Å². The number of benzene rings is 1. The maximum absolute atomic E-state index is 14.2. The average Bonchev–Trinajstić information content (AvgIpc) is 3.87. The van der Waals surface area contributed by atoms with E-state index in [9.17, 15) is 29.1 Å². The number of halogens is 1. The number of methoxy groups -OCH3 is 2. The predicted octanol–water partition coefficient (Wildman–Crippen LogP) is 4.94. The summed E-state index contributed by atoms with van der Waals surface area (Å²) in [5.41, 5.74) is 4.26. The van der Waals surface area contributed by atoms with Gasteiger partial charge in [0.2, 0.25) is 17.7 Å². The maximum atomic E-state index is 14.2. The van der Waals surface area contributed by atoms with Crippen LogP contribution in [0.5, 0.6) is 5.75 Å². The number of anilines is 1. The third-order valence-electron chi connectivity index (χ3n) is 11.0. The molecule has 15 nitrogen and oxygen atoms in total. The summed E-state index contributed by atoms with van der Waals surface area (Å²) in [6, 6.07) is 2.55. The van der Waals surface area contributed by atoms with Crippen LogP contribution in [-0.2, 0) is 44.5 Å². The molecule has 18 heteroatoms. The molecule has 3 aliphatic heterocycles. The van der Waals surface area contributed by atoms with Crippen LogP contribution in [0.1, 0.15) is 72.3 Å². The highest BCUT2D eigenvalue weighted by molar-refractivity contribution is 8.76. The van der Waals surface area contributed by atoms with Crippen molar-refractivity contribution in [2.45, 2.75) is 120 Å². The Hall–Kier alpha value is -3.48. The zero-order valence-corrected chi connectivity index (χ0v) is 37.0. The number of hydrogen-bond acceptors (Lipinski definition) is 13. The van der Waals surface area contributed by atoms with Crippen molar-refractivity contribution in [2.24, 2.45) is 11.7 Å². The van der Waals surface area contributed by atoms with E-state index in [1.807, 2.05) is 19.9 Å². The van der Waals surface area contributed by atoms with E-state index < -0.39 is 65.7 Å². The van der Waals surface area contributed by atoms with Crippen molar-refractivity contribution in [3.63, 3.8) is 0 Å². The molecule has 322 valence electrons. The fourth-order valence-corrected chi connectivity index (χ4v) is 9.72. The van der Waals surface area contributed by atoms with Gasteiger partial charge in [-0.15, -0.1) is 0 Å². The average molecular weight is 870 g/mol. The number of nitrogens with two attached hydrogens (primary N) is 1. The van der Waals surface area contributed by atoms with E-state index in [1.165, 1.54) is 41.9 Å². The number of primary amides is 1. The lowest BCUT2D eigenvalue weighted by molar-refractivity contribution is -0.162. The number of rotatable bonds is 13. The van der Waals surface area contributed by atoms with E-state index in [0.29, 0.717) is 30.0 Å². The monoisotopic (exact) mass is 868 g/mol. The Morgan fingerprint density at radius 2 is 1.91 bits per heavy atom.